The average Bonchev–Trinajstić information content (AvgIpc) is 3.36. The minimum atomic E-state index is 0.153. The normalized spacial score (nSPS) is 16.5. The highest BCUT2D eigenvalue weighted by atomic mass is 16.5. The lowest BCUT2D eigenvalue weighted by Gasteiger charge is -2.16. The third-order valence-electron chi connectivity index (χ3n) is 5.39. The number of nitrogens with two attached hydrogens (primary N) is 1. The van der Waals surface area contributed by atoms with Crippen molar-refractivity contribution in [2.24, 2.45) is 5.73 Å². The van der Waals surface area contributed by atoms with Gasteiger partial charge in [0.15, 0.2) is 5.65 Å². The van der Waals surface area contributed by atoms with E-state index in [1.165, 1.54) is 0 Å². The summed E-state index contributed by atoms with van der Waals surface area (Å²) in [5.41, 5.74) is 8.62. The standard InChI is InChI=1S/C22H27N5O2/c1-2-29-18-7-5-16(6-8-18)14-20(28)26-12-9-17(15-26)21-19-4-3-11-24-22(19)27(25-21)13-10-23/h3-8,11,17H,2,9-10,12-15,23H2,1H3/t17-/m0/s1. The van der Waals surface area contributed by atoms with Gasteiger partial charge in [0.1, 0.15) is 5.75 Å². The second-order valence-electron chi connectivity index (χ2n) is 7.35. The Balaban J connectivity index is 1.45. The molecule has 3 heterocycles. The zero-order valence-corrected chi connectivity index (χ0v) is 16.8. The molecule has 7 heteroatoms. The second-order valence-corrected chi connectivity index (χ2v) is 7.35. The van der Waals surface area contributed by atoms with Gasteiger partial charge in [0.05, 0.1) is 25.3 Å². The molecule has 0 bridgehead atoms. The van der Waals surface area contributed by atoms with Gasteiger partial charge in [0.25, 0.3) is 0 Å². The maximum atomic E-state index is 12.8. The summed E-state index contributed by atoms with van der Waals surface area (Å²) in [6, 6.07) is 11.8. The minimum Gasteiger partial charge on any atom is -0.494 e. The molecule has 3 aromatic rings. The SMILES string of the molecule is CCOc1ccc(CC(=O)N2CC[C@H](c3nn(CCN)c4ncccc34)C2)cc1. The van der Waals surface area contributed by atoms with E-state index in [0.29, 0.717) is 32.7 Å². The van der Waals surface area contributed by atoms with Crippen LogP contribution in [-0.4, -0.2) is 51.8 Å². The molecule has 29 heavy (non-hydrogen) atoms. The van der Waals surface area contributed by atoms with Crippen molar-refractivity contribution >= 4 is 16.9 Å². The summed E-state index contributed by atoms with van der Waals surface area (Å²) in [7, 11) is 0. The number of ether oxygens (including phenoxy) is 1. The molecule has 1 saturated heterocycles. The van der Waals surface area contributed by atoms with Crippen molar-refractivity contribution in [3.8, 4) is 5.75 Å². The Labute approximate surface area is 170 Å². The summed E-state index contributed by atoms with van der Waals surface area (Å²) in [6.45, 7) is 5.20. The lowest BCUT2D eigenvalue weighted by molar-refractivity contribution is -0.129. The highest BCUT2D eigenvalue weighted by molar-refractivity contribution is 5.81. The second kappa shape index (κ2) is 8.61. The molecule has 1 fully saturated rings. The molecule has 2 N–H and O–H groups in total. The van der Waals surface area contributed by atoms with E-state index >= 15 is 0 Å². The minimum absolute atomic E-state index is 0.153. The van der Waals surface area contributed by atoms with E-state index in [2.05, 4.69) is 11.1 Å². The van der Waals surface area contributed by atoms with Crippen LogP contribution >= 0.6 is 0 Å². The summed E-state index contributed by atoms with van der Waals surface area (Å²) < 4.78 is 7.35. The molecular formula is C22H27N5O2. The lowest BCUT2D eigenvalue weighted by atomic mass is 10.0. The number of nitrogens with zero attached hydrogens (tertiary/aromatic N) is 4. The quantitative estimate of drug-likeness (QED) is 0.666. The molecule has 1 aliphatic rings. The molecular weight excluding hydrogens is 366 g/mol. The van der Waals surface area contributed by atoms with E-state index in [4.69, 9.17) is 15.6 Å². The fourth-order valence-electron chi connectivity index (χ4n) is 3.98. The van der Waals surface area contributed by atoms with E-state index in [1.54, 1.807) is 6.20 Å². The molecule has 1 aromatic carbocycles. The number of carbonyl (C=O) groups is 1. The summed E-state index contributed by atoms with van der Waals surface area (Å²) >= 11 is 0. The fourth-order valence-corrected chi connectivity index (χ4v) is 3.98. The number of amides is 1. The Morgan fingerprint density at radius 1 is 1.28 bits per heavy atom. The number of likely N-dealkylation sites (tertiary alicyclic amines) is 1. The predicted molar refractivity (Wildman–Crippen MR) is 112 cm³/mol. The summed E-state index contributed by atoms with van der Waals surface area (Å²) in [6.07, 6.45) is 3.10. The first-order valence-electron chi connectivity index (χ1n) is 10.2. The number of fused-ring (bicyclic) bond motifs is 1. The van der Waals surface area contributed by atoms with E-state index in [-0.39, 0.29) is 11.8 Å². The predicted octanol–water partition coefficient (Wildman–Crippen LogP) is 2.35. The van der Waals surface area contributed by atoms with Crippen LogP contribution in [0.2, 0.25) is 0 Å². The van der Waals surface area contributed by atoms with Crippen molar-refractivity contribution < 1.29 is 9.53 Å². The van der Waals surface area contributed by atoms with E-state index in [9.17, 15) is 4.79 Å². The maximum Gasteiger partial charge on any atom is 0.227 e. The Hall–Kier alpha value is -2.93. The van der Waals surface area contributed by atoms with Gasteiger partial charge in [0, 0.05) is 37.1 Å². The van der Waals surface area contributed by atoms with Gasteiger partial charge in [-0.15, -0.1) is 0 Å². The molecule has 0 unspecified atom stereocenters. The van der Waals surface area contributed by atoms with E-state index in [0.717, 1.165) is 41.0 Å². The molecule has 0 radical (unpaired) electrons. The van der Waals surface area contributed by atoms with Gasteiger partial charge in [-0.1, -0.05) is 12.1 Å². The van der Waals surface area contributed by atoms with Crippen LogP contribution in [0.1, 0.15) is 30.5 Å². The highest BCUT2D eigenvalue weighted by Gasteiger charge is 2.30. The molecule has 1 aliphatic heterocycles. The van der Waals surface area contributed by atoms with Gasteiger partial charge in [-0.05, 0) is 43.2 Å². The van der Waals surface area contributed by atoms with Crippen LogP contribution in [-0.2, 0) is 17.8 Å². The van der Waals surface area contributed by atoms with Crippen molar-refractivity contribution in [2.75, 3.05) is 26.2 Å². The topological polar surface area (TPSA) is 86.3 Å². The van der Waals surface area contributed by atoms with Gasteiger partial charge in [0.2, 0.25) is 5.91 Å². The number of rotatable bonds is 7. The van der Waals surface area contributed by atoms with Crippen LogP contribution < -0.4 is 10.5 Å². The summed E-state index contributed by atoms with van der Waals surface area (Å²) in [5, 5.41) is 5.85. The molecule has 1 amide bonds. The summed E-state index contributed by atoms with van der Waals surface area (Å²) in [5.74, 6) is 1.21. The van der Waals surface area contributed by atoms with Crippen molar-refractivity contribution in [3.63, 3.8) is 0 Å². The van der Waals surface area contributed by atoms with Gasteiger partial charge in [-0.25, -0.2) is 9.67 Å². The highest BCUT2D eigenvalue weighted by Crippen LogP contribution is 2.31. The first-order chi connectivity index (χ1) is 14.2. The third kappa shape index (κ3) is 4.10. The van der Waals surface area contributed by atoms with Crippen LogP contribution in [0.4, 0.5) is 0 Å². The van der Waals surface area contributed by atoms with Crippen molar-refractivity contribution in [2.45, 2.75) is 32.2 Å². The van der Waals surface area contributed by atoms with Crippen LogP contribution in [0.15, 0.2) is 42.6 Å². The van der Waals surface area contributed by atoms with Gasteiger partial charge >= 0.3 is 0 Å². The largest absolute Gasteiger partial charge is 0.494 e. The van der Waals surface area contributed by atoms with Crippen LogP contribution in [0.25, 0.3) is 11.0 Å². The number of carbonyl (C=O) groups excluding carboxylic acids is 1. The monoisotopic (exact) mass is 393 g/mol. The molecule has 0 aliphatic carbocycles. The zero-order chi connectivity index (χ0) is 20.2. The lowest BCUT2D eigenvalue weighted by Crippen LogP contribution is -2.29. The first kappa shape index (κ1) is 19.4. The molecule has 0 spiro atoms. The summed E-state index contributed by atoms with van der Waals surface area (Å²) in [4.78, 5) is 19.2. The Morgan fingerprint density at radius 2 is 2.10 bits per heavy atom. The first-order valence-corrected chi connectivity index (χ1v) is 10.2. The fraction of sp³-hybridized carbons (Fsp3) is 0.409. The Bertz CT molecular complexity index is 983. The molecule has 2 aromatic heterocycles. The average molecular weight is 393 g/mol. The molecule has 1 atom stereocenters. The van der Waals surface area contributed by atoms with Crippen molar-refractivity contribution in [3.05, 3.63) is 53.9 Å². The zero-order valence-electron chi connectivity index (χ0n) is 16.8. The van der Waals surface area contributed by atoms with Gasteiger partial charge in [-0.3, -0.25) is 4.79 Å². The molecule has 0 saturated carbocycles. The third-order valence-corrected chi connectivity index (χ3v) is 5.39. The van der Waals surface area contributed by atoms with Crippen LogP contribution in [0, 0.1) is 0 Å². The van der Waals surface area contributed by atoms with E-state index in [1.807, 2.05) is 46.8 Å². The van der Waals surface area contributed by atoms with Crippen molar-refractivity contribution in [1.29, 1.82) is 0 Å². The molecule has 4 rings (SSSR count). The number of aromatic nitrogens is 3. The number of hydrogen-bond donors (Lipinski definition) is 1. The molecule has 152 valence electrons. The number of hydrogen-bond acceptors (Lipinski definition) is 5. The Kier molecular flexibility index (Phi) is 5.76. The van der Waals surface area contributed by atoms with E-state index < -0.39 is 0 Å². The molecule has 7 nitrogen and oxygen atoms in total. The number of benzene rings is 1. The Morgan fingerprint density at radius 3 is 2.86 bits per heavy atom. The van der Waals surface area contributed by atoms with Crippen LogP contribution in [0.3, 0.4) is 0 Å². The maximum absolute atomic E-state index is 12.8. The van der Waals surface area contributed by atoms with Crippen molar-refractivity contribution in [1.82, 2.24) is 19.7 Å². The van der Waals surface area contributed by atoms with Gasteiger partial charge < -0.3 is 15.4 Å². The van der Waals surface area contributed by atoms with Crippen LogP contribution in [0.5, 0.6) is 5.75 Å². The number of pyridine rings is 1. The smallest absolute Gasteiger partial charge is 0.227 e. The van der Waals surface area contributed by atoms with Gasteiger partial charge in [-0.2, -0.15) is 5.10 Å².